The Bertz CT molecular complexity index is 597. The second-order valence-corrected chi connectivity index (χ2v) is 5.78. The molecule has 1 aliphatic rings. The molecule has 0 N–H and O–H groups in total. The van der Waals surface area contributed by atoms with Crippen LogP contribution in [0, 0.1) is 0 Å². The van der Waals surface area contributed by atoms with Crippen molar-refractivity contribution in [1.82, 2.24) is 4.90 Å². The summed E-state index contributed by atoms with van der Waals surface area (Å²) in [6.45, 7) is 1.63. The zero-order chi connectivity index (χ0) is 13.2. The number of amides is 1. The van der Waals surface area contributed by atoms with E-state index in [9.17, 15) is 4.79 Å². The van der Waals surface area contributed by atoms with E-state index in [0.717, 1.165) is 42.3 Å². The van der Waals surface area contributed by atoms with Crippen molar-refractivity contribution in [3.63, 3.8) is 0 Å². The quantitative estimate of drug-likeness (QED) is 0.788. The molecule has 2 aromatic carbocycles. The van der Waals surface area contributed by atoms with E-state index in [2.05, 4.69) is 12.6 Å². The molecule has 0 bridgehead atoms. The molecule has 1 saturated heterocycles. The zero-order valence-electron chi connectivity index (χ0n) is 10.7. The van der Waals surface area contributed by atoms with Crippen LogP contribution in [-0.2, 0) is 0 Å². The van der Waals surface area contributed by atoms with Crippen molar-refractivity contribution >= 4 is 29.3 Å². The highest BCUT2D eigenvalue weighted by molar-refractivity contribution is 7.80. The van der Waals surface area contributed by atoms with E-state index in [-0.39, 0.29) is 5.91 Å². The molecule has 0 radical (unpaired) electrons. The monoisotopic (exact) mass is 271 g/mol. The van der Waals surface area contributed by atoms with Gasteiger partial charge in [-0.3, -0.25) is 4.79 Å². The number of carbonyl (C=O) groups is 1. The third kappa shape index (κ3) is 2.47. The van der Waals surface area contributed by atoms with Crippen molar-refractivity contribution < 1.29 is 4.79 Å². The second-order valence-electron chi connectivity index (χ2n) is 5.05. The van der Waals surface area contributed by atoms with E-state index < -0.39 is 0 Å². The Balaban J connectivity index is 1.93. The molecule has 1 aliphatic heterocycles. The molecule has 0 unspecified atom stereocenters. The van der Waals surface area contributed by atoms with E-state index in [1.54, 1.807) is 0 Å². The summed E-state index contributed by atoms with van der Waals surface area (Å²) in [6, 6.07) is 14.0. The fraction of sp³-hybridized carbons (Fsp3) is 0.312. The maximum Gasteiger partial charge on any atom is 0.254 e. The first-order chi connectivity index (χ1) is 9.25. The van der Waals surface area contributed by atoms with E-state index in [1.165, 1.54) is 0 Å². The molecule has 0 aromatic heterocycles. The number of piperidine rings is 1. The van der Waals surface area contributed by atoms with E-state index >= 15 is 0 Å². The van der Waals surface area contributed by atoms with Gasteiger partial charge in [0.05, 0.1) is 0 Å². The smallest absolute Gasteiger partial charge is 0.254 e. The topological polar surface area (TPSA) is 20.3 Å². The van der Waals surface area contributed by atoms with Gasteiger partial charge in [0.2, 0.25) is 0 Å². The lowest BCUT2D eigenvalue weighted by Gasteiger charge is -2.30. The van der Waals surface area contributed by atoms with Gasteiger partial charge < -0.3 is 4.90 Å². The van der Waals surface area contributed by atoms with Crippen molar-refractivity contribution in [1.29, 1.82) is 0 Å². The first kappa shape index (κ1) is 12.5. The van der Waals surface area contributed by atoms with Crippen LogP contribution in [0.1, 0.15) is 23.2 Å². The van der Waals surface area contributed by atoms with Gasteiger partial charge in [0, 0.05) is 23.9 Å². The van der Waals surface area contributed by atoms with Gasteiger partial charge in [0.1, 0.15) is 0 Å². The van der Waals surface area contributed by atoms with Crippen LogP contribution in [0.2, 0.25) is 0 Å². The number of rotatable bonds is 1. The van der Waals surface area contributed by atoms with Gasteiger partial charge in [-0.2, -0.15) is 12.6 Å². The molecule has 98 valence electrons. The van der Waals surface area contributed by atoms with Crippen LogP contribution in [0.15, 0.2) is 42.5 Å². The predicted octanol–water partition coefficient (Wildman–Crippen LogP) is 3.37. The number of likely N-dealkylation sites (tertiary alicyclic amines) is 1. The molecule has 1 fully saturated rings. The van der Waals surface area contributed by atoms with Crippen LogP contribution >= 0.6 is 12.6 Å². The number of benzene rings is 2. The molecule has 0 spiro atoms. The van der Waals surface area contributed by atoms with Gasteiger partial charge in [-0.05, 0) is 29.7 Å². The van der Waals surface area contributed by atoms with Gasteiger partial charge in [-0.25, -0.2) is 0 Å². The van der Waals surface area contributed by atoms with Crippen molar-refractivity contribution in [2.24, 2.45) is 0 Å². The minimum Gasteiger partial charge on any atom is -0.339 e. The molecule has 1 amide bonds. The van der Waals surface area contributed by atoms with Crippen molar-refractivity contribution in [3.8, 4) is 0 Å². The molecule has 0 saturated carbocycles. The van der Waals surface area contributed by atoms with Crippen molar-refractivity contribution in [3.05, 3.63) is 48.0 Å². The lowest BCUT2D eigenvalue weighted by molar-refractivity contribution is 0.0730. The summed E-state index contributed by atoms with van der Waals surface area (Å²) in [5.74, 6) is 0.150. The van der Waals surface area contributed by atoms with Crippen LogP contribution in [-0.4, -0.2) is 29.1 Å². The fourth-order valence-electron chi connectivity index (χ4n) is 2.65. The number of hydrogen-bond donors (Lipinski definition) is 1. The van der Waals surface area contributed by atoms with Gasteiger partial charge in [0.25, 0.3) is 5.91 Å². The molecule has 19 heavy (non-hydrogen) atoms. The highest BCUT2D eigenvalue weighted by Gasteiger charge is 2.22. The minimum absolute atomic E-state index is 0.150. The summed E-state index contributed by atoms with van der Waals surface area (Å²) < 4.78 is 0. The average Bonchev–Trinajstić information content (AvgIpc) is 2.47. The summed E-state index contributed by atoms with van der Waals surface area (Å²) in [7, 11) is 0. The lowest BCUT2D eigenvalue weighted by atomic mass is 10.0. The highest BCUT2D eigenvalue weighted by Crippen LogP contribution is 2.22. The number of thiol groups is 1. The maximum atomic E-state index is 12.6. The molecule has 0 aliphatic carbocycles. The standard InChI is InChI=1S/C16H17NOS/c18-16(17-10-8-13(19)9-11-17)15-7-3-5-12-4-1-2-6-14(12)15/h1-7,13,19H,8-11H2. The lowest BCUT2D eigenvalue weighted by Crippen LogP contribution is -2.38. The third-order valence-corrected chi connectivity index (χ3v) is 4.29. The SMILES string of the molecule is O=C(c1cccc2ccccc12)N1CCC(S)CC1. The summed E-state index contributed by atoms with van der Waals surface area (Å²) in [6.07, 6.45) is 1.97. The molecule has 2 nitrogen and oxygen atoms in total. The average molecular weight is 271 g/mol. The van der Waals surface area contributed by atoms with Crippen LogP contribution in [0.25, 0.3) is 10.8 Å². The van der Waals surface area contributed by atoms with Gasteiger partial charge in [-0.1, -0.05) is 36.4 Å². The Kier molecular flexibility index (Phi) is 3.47. The summed E-state index contributed by atoms with van der Waals surface area (Å²) >= 11 is 4.48. The highest BCUT2D eigenvalue weighted by atomic mass is 32.1. The normalized spacial score (nSPS) is 16.8. The minimum atomic E-state index is 0.150. The van der Waals surface area contributed by atoms with Crippen LogP contribution in [0.5, 0.6) is 0 Å². The first-order valence-corrected chi connectivity index (χ1v) is 7.22. The van der Waals surface area contributed by atoms with Gasteiger partial charge in [-0.15, -0.1) is 0 Å². The Morgan fingerprint density at radius 1 is 1.05 bits per heavy atom. The van der Waals surface area contributed by atoms with Crippen LogP contribution < -0.4 is 0 Å². The number of nitrogens with zero attached hydrogens (tertiary/aromatic N) is 1. The molecule has 3 heteroatoms. The summed E-state index contributed by atoms with van der Waals surface area (Å²) in [5, 5.41) is 2.61. The summed E-state index contributed by atoms with van der Waals surface area (Å²) in [4.78, 5) is 14.6. The maximum absolute atomic E-state index is 12.6. The number of fused-ring (bicyclic) bond motifs is 1. The molecule has 0 atom stereocenters. The fourth-order valence-corrected chi connectivity index (χ4v) is 2.88. The molecular weight excluding hydrogens is 254 g/mol. The molecule has 1 heterocycles. The van der Waals surface area contributed by atoms with E-state index in [1.807, 2.05) is 47.4 Å². The van der Waals surface area contributed by atoms with Crippen molar-refractivity contribution in [2.45, 2.75) is 18.1 Å². The van der Waals surface area contributed by atoms with Crippen LogP contribution in [0.3, 0.4) is 0 Å². The third-order valence-electron chi connectivity index (χ3n) is 3.77. The van der Waals surface area contributed by atoms with Crippen LogP contribution in [0.4, 0.5) is 0 Å². The Hall–Kier alpha value is -1.48. The molecular formula is C16H17NOS. The second kappa shape index (κ2) is 5.25. The molecule has 2 aromatic rings. The Labute approximate surface area is 118 Å². The summed E-state index contributed by atoms with van der Waals surface area (Å²) in [5.41, 5.74) is 0.815. The number of hydrogen-bond acceptors (Lipinski definition) is 2. The van der Waals surface area contributed by atoms with E-state index in [0.29, 0.717) is 5.25 Å². The van der Waals surface area contributed by atoms with Gasteiger partial charge >= 0.3 is 0 Å². The number of carbonyl (C=O) groups excluding carboxylic acids is 1. The Morgan fingerprint density at radius 3 is 2.53 bits per heavy atom. The van der Waals surface area contributed by atoms with Crippen molar-refractivity contribution in [2.75, 3.05) is 13.1 Å². The molecule has 3 rings (SSSR count). The largest absolute Gasteiger partial charge is 0.339 e. The van der Waals surface area contributed by atoms with E-state index in [4.69, 9.17) is 0 Å². The predicted molar refractivity (Wildman–Crippen MR) is 81.9 cm³/mol. The zero-order valence-corrected chi connectivity index (χ0v) is 11.6. The van der Waals surface area contributed by atoms with Gasteiger partial charge in [0.15, 0.2) is 0 Å². The first-order valence-electron chi connectivity index (χ1n) is 6.71. The Morgan fingerprint density at radius 2 is 1.74 bits per heavy atom.